The lowest BCUT2D eigenvalue weighted by Gasteiger charge is -2.20. The van der Waals surface area contributed by atoms with Gasteiger partial charge in [-0.25, -0.2) is 0 Å². The van der Waals surface area contributed by atoms with Gasteiger partial charge in [-0.1, -0.05) is 18.5 Å². The van der Waals surface area contributed by atoms with E-state index in [1.165, 1.54) is 0 Å². The third-order valence-corrected chi connectivity index (χ3v) is 3.33. The van der Waals surface area contributed by atoms with Crippen LogP contribution >= 0.6 is 11.6 Å². The molecule has 1 aromatic carbocycles. The maximum absolute atomic E-state index is 9.57. The van der Waals surface area contributed by atoms with Crippen molar-refractivity contribution in [3.63, 3.8) is 0 Å². The minimum absolute atomic E-state index is 0.0203. The van der Waals surface area contributed by atoms with Crippen molar-refractivity contribution in [2.45, 2.75) is 39.2 Å². The van der Waals surface area contributed by atoms with Gasteiger partial charge in [-0.05, 0) is 37.8 Å². The average Bonchev–Trinajstić information content (AvgIpc) is 2.42. The Hall–Kier alpha value is -0.970. The number of halogens is 1. The quantitative estimate of drug-likeness (QED) is 0.775. The number of hydrogen-bond acceptors (Lipinski definition) is 4. The average molecular weight is 303 g/mol. The first-order valence-corrected chi connectivity index (χ1v) is 7.29. The standard InChI is InChI=1S/C15H23ClO4/c1-4-19-14-8-15(20-5-2)13(16)7-12(14)10(3)6-11(18)9-17/h7-8,10-11,17-18H,4-6,9H2,1-3H3. The minimum Gasteiger partial charge on any atom is -0.493 e. The van der Waals surface area contributed by atoms with Crippen molar-refractivity contribution in [2.75, 3.05) is 19.8 Å². The van der Waals surface area contributed by atoms with Crippen LogP contribution in [0.5, 0.6) is 11.5 Å². The summed E-state index contributed by atoms with van der Waals surface area (Å²) in [7, 11) is 0. The lowest BCUT2D eigenvalue weighted by atomic mass is 9.94. The number of aliphatic hydroxyl groups excluding tert-OH is 2. The van der Waals surface area contributed by atoms with Crippen LogP contribution in [0.4, 0.5) is 0 Å². The minimum atomic E-state index is -0.746. The number of hydrogen-bond donors (Lipinski definition) is 2. The molecule has 0 aliphatic carbocycles. The Morgan fingerprint density at radius 3 is 2.30 bits per heavy atom. The van der Waals surface area contributed by atoms with Gasteiger partial charge in [-0.15, -0.1) is 0 Å². The molecule has 0 aromatic heterocycles. The van der Waals surface area contributed by atoms with E-state index in [4.69, 9.17) is 26.2 Å². The molecule has 1 aromatic rings. The fraction of sp³-hybridized carbons (Fsp3) is 0.600. The molecule has 0 saturated heterocycles. The molecule has 0 heterocycles. The molecule has 0 radical (unpaired) electrons. The van der Waals surface area contributed by atoms with E-state index < -0.39 is 6.10 Å². The van der Waals surface area contributed by atoms with Crippen molar-refractivity contribution in [3.8, 4) is 11.5 Å². The van der Waals surface area contributed by atoms with E-state index in [9.17, 15) is 5.11 Å². The van der Waals surface area contributed by atoms with Gasteiger partial charge in [0.25, 0.3) is 0 Å². The number of benzene rings is 1. The summed E-state index contributed by atoms with van der Waals surface area (Å²) in [5.74, 6) is 1.32. The Labute approximate surface area is 125 Å². The molecule has 2 atom stereocenters. The van der Waals surface area contributed by atoms with Gasteiger partial charge in [-0.2, -0.15) is 0 Å². The van der Waals surface area contributed by atoms with Crippen LogP contribution in [0.25, 0.3) is 0 Å². The maximum atomic E-state index is 9.57. The van der Waals surface area contributed by atoms with Crippen molar-refractivity contribution in [2.24, 2.45) is 0 Å². The Morgan fingerprint density at radius 1 is 1.15 bits per heavy atom. The maximum Gasteiger partial charge on any atom is 0.141 e. The van der Waals surface area contributed by atoms with Gasteiger partial charge in [0.1, 0.15) is 11.5 Å². The van der Waals surface area contributed by atoms with Crippen molar-refractivity contribution < 1.29 is 19.7 Å². The predicted octanol–water partition coefficient (Wildman–Crippen LogP) is 2.98. The van der Waals surface area contributed by atoms with Crippen molar-refractivity contribution in [1.29, 1.82) is 0 Å². The molecule has 0 aliphatic rings. The molecule has 2 N–H and O–H groups in total. The van der Waals surface area contributed by atoms with Gasteiger partial charge in [0.15, 0.2) is 0 Å². The number of ether oxygens (including phenoxy) is 2. The zero-order valence-corrected chi connectivity index (χ0v) is 13.0. The smallest absolute Gasteiger partial charge is 0.141 e. The molecule has 4 nitrogen and oxygen atoms in total. The Kier molecular flexibility index (Phi) is 7.13. The van der Waals surface area contributed by atoms with Crippen molar-refractivity contribution in [1.82, 2.24) is 0 Å². The first-order chi connectivity index (χ1) is 9.53. The van der Waals surface area contributed by atoms with Crippen LogP contribution in [0.3, 0.4) is 0 Å². The van der Waals surface area contributed by atoms with Gasteiger partial charge in [0, 0.05) is 6.07 Å². The van der Waals surface area contributed by atoms with Crippen LogP contribution in [0.1, 0.15) is 38.7 Å². The number of aliphatic hydroxyl groups is 2. The lowest BCUT2D eigenvalue weighted by molar-refractivity contribution is 0.0833. The first kappa shape index (κ1) is 17.1. The molecule has 0 bridgehead atoms. The fourth-order valence-electron chi connectivity index (χ4n) is 2.09. The largest absolute Gasteiger partial charge is 0.493 e. The summed E-state index contributed by atoms with van der Waals surface area (Å²) in [6.07, 6.45) is -0.300. The molecule has 0 fully saturated rings. The van der Waals surface area contributed by atoms with Crippen LogP contribution in [-0.4, -0.2) is 36.1 Å². The summed E-state index contributed by atoms with van der Waals surface area (Å²) in [5, 5.41) is 19.0. The fourth-order valence-corrected chi connectivity index (χ4v) is 2.32. The highest BCUT2D eigenvalue weighted by Gasteiger charge is 2.18. The monoisotopic (exact) mass is 302 g/mol. The molecular formula is C15H23ClO4. The summed E-state index contributed by atoms with van der Waals surface area (Å²) in [4.78, 5) is 0. The topological polar surface area (TPSA) is 58.9 Å². The van der Waals surface area contributed by atoms with E-state index in [-0.39, 0.29) is 12.5 Å². The van der Waals surface area contributed by atoms with E-state index >= 15 is 0 Å². The van der Waals surface area contributed by atoms with Gasteiger partial charge < -0.3 is 19.7 Å². The van der Waals surface area contributed by atoms with Gasteiger partial charge in [0.2, 0.25) is 0 Å². The SMILES string of the molecule is CCOc1cc(OCC)c(C(C)CC(O)CO)cc1Cl. The molecule has 2 unspecified atom stereocenters. The van der Waals surface area contributed by atoms with Gasteiger partial charge >= 0.3 is 0 Å². The van der Waals surface area contributed by atoms with Crippen molar-refractivity contribution >= 4 is 11.6 Å². The van der Waals surface area contributed by atoms with Gasteiger partial charge in [-0.3, -0.25) is 0 Å². The van der Waals surface area contributed by atoms with E-state index in [0.29, 0.717) is 36.2 Å². The molecule has 20 heavy (non-hydrogen) atoms. The molecule has 0 spiro atoms. The second-order valence-electron chi connectivity index (χ2n) is 4.66. The highest BCUT2D eigenvalue weighted by atomic mass is 35.5. The molecular weight excluding hydrogens is 280 g/mol. The van der Waals surface area contributed by atoms with Crippen LogP contribution in [-0.2, 0) is 0 Å². The molecule has 0 amide bonds. The van der Waals surface area contributed by atoms with E-state index in [1.54, 1.807) is 6.07 Å². The third-order valence-electron chi connectivity index (χ3n) is 3.03. The Balaban J connectivity index is 3.06. The Bertz CT molecular complexity index is 423. The van der Waals surface area contributed by atoms with Crippen LogP contribution < -0.4 is 9.47 Å². The van der Waals surface area contributed by atoms with Gasteiger partial charge in [0.05, 0.1) is 30.9 Å². The van der Waals surface area contributed by atoms with Crippen LogP contribution in [0.15, 0.2) is 12.1 Å². The summed E-state index contributed by atoms with van der Waals surface area (Å²) >= 11 is 6.20. The summed E-state index contributed by atoms with van der Waals surface area (Å²) in [6.45, 7) is 6.59. The summed E-state index contributed by atoms with van der Waals surface area (Å²) in [5.41, 5.74) is 0.910. The van der Waals surface area contributed by atoms with E-state index in [2.05, 4.69) is 0 Å². The third kappa shape index (κ3) is 4.54. The van der Waals surface area contributed by atoms with E-state index in [0.717, 1.165) is 5.56 Å². The molecule has 0 aliphatic heterocycles. The highest BCUT2D eigenvalue weighted by molar-refractivity contribution is 6.32. The van der Waals surface area contributed by atoms with E-state index in [1.807, 2.05) is 26.8 Å². The lowest BCUT2D eigenvalue weighted by Crippen LogP contribution is -2.15. The molecule has 114 valence electrons. The first-order valence-electron chi connectivity index (χ1n) is 6.91. The second kappa shape index (κ2) is 8.35. The number of rotatable bonds is 8. The molecule has 1 rings (SSSR count). The summed E-state index contributed by atoms with van der Waals surface area (Å²) < 4.78 is 11.1. The predicted molar refractivity (Wildman–Crippen MR) is 79.9 cm³/mol. The second-order valence-corrected chi connectivity index (χ2v) is 5.07. The molecule has 5 heteroatoms. The Morgan fingerprint density at radius 2 is 1.75 bits per heavy atom. The van der Waals surface area contributed by atoms with Crippen LogP contribution in [0, 0.1) is 0 Å². The molecule has 0 saturated carbocycles. The summed E-state index contributed by atoms with van der Waals surface area (Å²) in [6, 6.07) is 3.60. The zero-order valence-electron chi connectivity index (χ0n) is 12.2. The van der Waals surface area contributed by atoms with Crippen LogP contribution in [0.2, 0.25) is 5.02 Å². The highest BCUT2D eigenvalue weighted by Crippen LogP contribution is 2.38. The zero-order chi connectivity index (χ0) is 15.1. The normalized spacial score (nSPS) is 13.9. The van der Waals surface area contributed by atoms with Crippen molar-refractivity contribution in [3.05, 3.63) is 22.7 Å².